The largest absolute Gasteiger partial charge is 0.370 e. The van der Waals surface area contributed by atoms with Gasteiger partial charge in [0.1, 0.15) is 5.56 Å². The Balaban J connectivity index is 2.51. The van der Waals surface area contributed by atoms with Crippen LogP contribution in [0.4, 0.5) is 11.4 Å². The minimum absolute atomic E-state index is 0.0176. The summed E-state index contributed by atoms with van der Waals surface area (Å²) in [6.07, 6.45) is -0.0424. The van der Waals surface area contributed by atoms with Crippen LogP contribution >= 0.6 is 0 Å². The second-order valence-corrected chi connectivity index (χ2v) is 5.74. The molecule has 2 rings (SSSR count). The van der Waals surface area contributed by atoms with Crippen LogP contribution in [0.5, 0.6) is 0 Å². The molecule has 2 aromatic rings. The highest BCUT2D eigenvalue weighted by Gasteiger charge is 2.27. The highest BCUT2D eigenvalue weighted by Crippen LogP contribution is 2.27. The molecule has 2 N–H and O–H groups in total. The molecule has 2 aromatic carbocycles. The molecule has 0 unspecified atom stereocenters. The fourth-order valence-electron chi connectivity index (χ4n) is 2.59. The lowest BCUT2D eigenvalue weighted by Crippen LogP contribution is -2.34. The van der Waals surface area contributed by atoms with Gasteiger partial charge in [-0.05, 0) is 37.6 Å². The Morgan fingerprint density at radius 1 is 1.16 bits per heavy atom. The van der Waals surface area contributed by atoms with Gasteiger partial charge in [0.15, 0.2) is 0 Å². The van der Waals surface area contributed by atoms with E-state index in [1.807, 2.05) is 13.0 Å². The van der Waals surface area contributed by atoms with Crippen molar-refractivity contribution in [2.45, 2.75) is 20.3 Å². The minimum Gasteiger partial charge on any atom is -0.370 e. The lowest BCUT2D eigenvalue weighted by Gasteiger charge is -2.23. The van der Waals surface area contributed by atoms with E-state index in [0.29, 0.717) is 11.3 Å². The number of nitro benzene ring substituents is 1. The van der Waals surface area contributed by atoms with Gasteiger partial charge in [-0.1, -0.05) is 24.3 Å². The number of anilines is 1. The van der Waals surface area contributed by atoms with E-state index in [1.165, 1.54) is 11.0 Å². The van der Waals surface area contributed by atoms with E-state index in [0.717, 1.165) is 5.56 Å². The first kappa shape index (κ1) is 18.1. The number of aryl methyl sites for hydroxylation is 2. The Morgan fingerprint density at radius 3 is 2.44 bits per heavy atom. The second-order valence-electron chi connectivity index (χ2n) is 5.74. The number of amides is 2. The summed E-state index contributed by atoms with van der Waals surface area (Å²) in [6.45, 7) is 3.49. The Kier molecular flexibility index (Phi) is 5.49. The Labute approximate surface area is 145 Å². The first-order valence-electron chi connectivity index (χ1n) is 7.72. The van der Waals surface area contributed by atoms with Crippen molar-refractivity contribution < 1.29 is 14.5 Å². The first-order chi connectivity index (χ1) is 11.8. The van der Waals surface area contributed by atoms with E-state index in [-0.39, 0.29) is 24.2 Å². The fraction of sp³-hybridized carbons (Fsp3) is 0.222. The van der Waals surface area contributed by atoms with Crippen molar-refractivity contribution in [3.8, 4) is 0 Å². The van der Waals surface area contributed by atoms with Crippen LogP contribution in [0.1, 0.15) is 27.9 Å². The number of carbonyl (C=O) groups excluding carboxylic acids is 2. The van der Waals surface area contributed by atoms with Crippen LogP contribution in [0.25, 0.3) is 0 Å². The molecule has 0 saturated carbocycles. The summed E-state index contributed by atoms with van der Waals surface area (Å²) < 4.78 is 0. The van der Waals surface area contributed by atoms with Crippen molar-refractivity contribution in [1.82, 2.24) is 0 Å². The molecule has 0 atom stereocenters. The van der Waals surface area contributed by atoms with Gasteiger partial charge in [0, 0.05) is 24.2 Å². The molecule has 0 saturated heterocycles. The number of carbonyl (C=O) groups is 2. The van der Waals surface area contributed by atoms with Crippen molar-refractivity contribution in [2.75, 3.05) is 11.4 Å². The third-order valence-corrected chi connectivity index (χ3v) is 3.79. The topological polar surface area (TPSA) is 107 Å². The average molecular weight is 341 g/mol. The van der Waals surface area contributed by atoms with Crippen molar-refractivity contribution in [3.05, 3.63) is 69.3 Å². The number of nitrogens with zero attached hydrogens (tertiary/aromatic N) is 2. The Hall–Kier alpha value is -3.22. The van der Waals surface area contributed by atoms with Gasteiger partial charge in [-0.25, -0.2) is 0 Å². The summed E-state index contributed by atoms with van der Waals surface area (Å²) >= 11 is 0. The Morgan fingerprint density at radius 2 is 1.84 bits per heavy atom. The number of hydrogen-bond acceptors (Lipinski definition) is 4. The van der Waals surface area contributed by atoms with Gasteiger partial charge >= 0.3 is 0 Å². The maximum atomic E-state index is 13.0. The van der Waals surface area contributed by atoms with Gasteiger partial charge in [0.05, 0.1) is 4.92 Å². The van der Waals surface area contributed by atoms with Gasteiger partial charge in [0.25, 0.3) is 11.6 Å². The van der Waals surface area contributed by atoms with Crippen LogP contribution < -0.4 is 10.6 Å². The van der Waals surface area contributed by atoms with E-state index in [2.05, 4.69) is 0 Å². The molecule has 0 heterocycles. The molecule has 0 aliphatic heterocycles. The first-order valence-corrected chi connectivity index (χ1v) is 7.72. The molecule has 0 radical (unpaired) electrons. The standard InChI is InChI=1S/C18H19N3O4/c1-12-5-3-7-14(11-12)20(10-9-16(19)22)18(23)15-8-4-6-13(2)17(15)21(24)25/h3-8,11H,9-10H2,1-2H3,(H2,19,22). The molecule has 0 aliphatic rings. The smallest absolute Gasteiger partial charge is 0.285 e. The van der Waals surface area contributed by atoms with Gasteiger partial charge in [0.2, 0.25) is 5.91 Å². The summed E-state index contributed by atoms with van der Waals surface area (Å²) in [5.74, 6) is -1.09. The molecule has 7 heteroatoms. The molecule has 0 bridgehead atoms. The van der Waals surface area contributed by atoms with Crippen LogP contribution in [0.3, 0.4) is 0 Å². The number of benzene rings is 2. The zero-order valence-corrected chi connectivity index (χ0v) is 14.1. The van der Waals surface area contributed by atoms with Crippen molar-refractivity contribution in [2.24, 2.45) is 5.73 Å². The van der Waals surface area contributed by atoms with Crippen LogP contribution in [-0.4, -0.2) is 23.3 Å². The molecule has 25 heavy (non-hydrogen) atoms. The summed E-state index contributed by atoms with van der Waals surface area (Å²) in [4.78, 5) is 36.4. The van der Waals surface area contributed by atoms with Crippen molar-refractivity contribution >= 4 is 23.2 Å². The highest BCUT2D eigenvalue weighted by molar-refractivity contribution is 6.09. The summed E-state index contributed by atoms with van der Waals surface area (Å²) in [5, 5.41) is 11.4. The zero-order valence-electron chi connectivity index (χ0n) is 14.1. The average Bonchev–Trinajstić information content (AvgIpc) is 2.54. The zero-order chi connectivity index (χ0) is 18.6. The van der Waals surface area contributed by atoms with E-state index < -0.39 is 16.7 Å². The summed E-state index contributed by atoms with van der Waals surface area (Å²) in [6, 6.07) is 11.7. The molecule has 130 valence electrons. The van der Waals surface area contributed by atoms with Crippen molar-refractivity contribution in [3.63, 3.8) is 0 Å². The number of nitro groups is 1. The summed E-state index contributed by atoms with van der Waals surface area (Å²) in [7, 11) is 0. The molecule has 7 nitrogen and oxygen atoms in total. The van der Waals surface area contributed by atoms with Gasteiger partial charge in [-0.2, -0.15) is 0 Å². The van der Waals surface area contributed by atoms with Crippen molar-refractivity contribution in [1.29, 1.82) is 0 Å². The predicted molar refractivity (Wildman–Crippen MR) is 94.5 cm³/mol. The normalized spacial score (nSPS) is 10.3. The van der Waals surface area contributed by atoms with Crippen LogP contribution in [-0.2, 0) is 4.79 Å². The highest BCUT2D eigenvalue weighted by atomic mass is 16.6. The van der Waals surface area contributed by atoms with Gasteiger partial charge in [-0.3, -0.25) is 19.7 Å². The molecule has 2 amide bonds. The Bertz CT molecular complexity index is 833. The SMILES string of the molecule is Cc1cccc(N(CCC(N)=O)C(=O)c2cccc(C)c2[N+](=O)[O-])c1. The van der Waals surface area contributed by atoms with E-state index >= 15 is 0 Å². The number of rotatable bonds is 6. The van der Waals surface area contributed by atoms with Crippen LogP contribution in [0.15, 0.2) is 42.5 Å². The van der Waals surface area contributed by atoms with E-state index in [4.69, 9.17) is 5.73 Å². The molecule has 0 aliphatic carbocycles. The lowest BCUT2D eigenvalue weighted by atomic mass is 10.1. The number of primary amides is 1. The van der Waals surface area contributed by atoms with E-state index in [1.54, 1.807) is 37.3 Å². The third-order valence-electron chi connectivity index (χ3n) is 3.79. The maximum Gasteiger partial charge on any atom is 0.285 e. The number of para-hydroxylation sites is 1. The maximum absolute atomic E-state index is 13.0. The predicted octanol–water partition coefficient (Wildman–Crippen LogP) is 2.73. The van der Waals surface area contributed by atoms with Gasteiger partial charge < -0.3 is 10.6 Å². The molecular formula is C18H19N3O4. The third kappa shape index (κ3) is 4.20. The van der Waals surface area contributed by atoms with Crippen LogP contribution in [0.2, 0.25) is 0 Å². The summed E-state index contributed by atoms with van der Waals surface area (Å²) in [5.41, 5.74) is 6.83. The molecule has 0 fully saturated rings. The van der Waals surface area contributed by atoms with Crippen LogP contribution in [0, 0.1) is 24.0 Å². The number of hydrogen-bond donors (Lipinski definition) is 1. The fourth-order valence-corrected chi connectivity index (χ4v) is 2.59. The number of nitrogens with two attached hydrogens (primary N) is 1. The quantitative estimate of drug-likeness (QED) is 0.644. The molecule has 0 spiro atoms. The monoisotopic (exact) mass is 341 g/mol. The minimum atomic E-state index is -0.564. The second kappa shape index (κ2) is 7.57. The molecule has 0 aromatic heterocycles. The molecular weight excluding hydrogens is 322 g/mol. The van der Waals surface area contributed by atoms with Gasteiger partial charge in [-0.15, -0.1) is 0 Å². The lowest BCUT2D eigenvalue weighted by molar-refractivity contribution is -0.385. The van der Waals surface area contributed by atoms with E-state index in [9.17, 15) is 19.7 Å².